The molecular weight excluding hydrogens is 286 g/mol. The molecule has 22 heavy (non-hydrogen) atoms. The predicted molar refractivity (Wildman–Crippen MR) is 75.9 cm³/mol. The van der Waals surface area contributed by atoms with Crippen molar-refractivity contribution in [3.8, 4) is 11.6 Å². The Balaban J connectivity index is 1.75. The minimum Gasteiger partial charge on any atom is -0.437 e. The number of hydrogen-bond acceptors (Lipinski definition) is 7. The molecule has 0 saturated heterocycles. The Kier molecular flexibility index (Phi) is 2.62. The summed E-state index contributed by atoms with van der Waals surface area (Å²) in [6.07, 6.45) is 0. The molecule has 0 radical (unpaired) electrons. The minimum absolute atomic E-state index is 0.328. The van der Waals surface area contributed by atoms with Gasteiger partial charge in [-0.25, -0.2) is 4.79 Å². The lowest BCUT2D eigenvalue weighted by Gasteiger charge is -2.06. The topological polar surface area (TPSA) is 95.4 Å². The van der Waals surface area contributed by atoms with Crippen LogP contribution in [0.4, 0.5) is 0 Å². The van der Waals surface area contributed by atoms with Crippen molar-refractivity contribution < 1.29 is 9.15 Å². The number of nitrogens with zero attached hydrogens (tertiary/aromatic N) is 5. The van der Waals surface area contributed by atoms with Crippen LogP contribution in [0.1, 0.15) is 5.56 Å². The number of ether oxygens (including phenoxy) is 1. The van der Waals surface area contributed by atoms with Gasteiger partial charge in [0.05, 0.1) is 0 Å². The normalized spacial score (nSPS) is 11.1. The van der Waals surface area contributed by atoms with E-state index in [2.05, 4.69) is 20.6 Å². The van der Waals surface area contributed by atoms with E-state index in [0.717, 1.165) is 10.9 Å². The van der Waals surface area contributed by atoms with E-state index in [1.165, 1.54) is 10.7 Å². The van der Waals surface area contributed by atoms with E-state index < -0.39 is 5.63 Å². The molecule has 4 aromatic rings. The van der Waals surface area contributed by atoms with Crippen molar-refractivity contribution in [2.45, 2.75) is 6.92 Å². The first kappa shape index (κ1) is 12.5. The highest BCUT2D eigenvalue weighted by atomic mass is 16.5. The van der Waals surface area contributed by atoms with Gasteiger partial charge in [0.2, 0.25) is 5.88 Å². The fraction of sp³-hybridized carbons (Fsp3) is 0.0714. The summed E-state index contributed by atoms with van der Waals surface area (Å²) in [5.41, 5.74) is 1.44. The Labute approximate surface area is 122 Å². The maximum atomic E-state index is 11.4. The molecule has 0 aliphatic rings. The average Bonchev–Trinajstić information content (AvgIpc) is 2.94. The van der Waals surface area contributed by atoms with Gasteiger partial charge in [-0.05, 0) is 41.1 Å². The minimum atomic E-state index is -0.393. The van der Waals surface area contributed by atoms with Crippen LogP contribution in [-0.4, -0.2) is 25.3 Å². The highest BCUT2D eigenvalue weighted by Crippen LogP contribution is 2.25. The highest BCUT2D eigenvalue weighted by molar-refractivity contribution is 5.81. The van der Waals surface area contributed by atoms with Gasteiger partial charge in [-0.3, -0.25) is 0 Å². The monoisotopic (exact) mass is 295 g/mol. The maximum Gasteiger partial charge on any atom is 0.336 e. The molecule has 3 aromatic heterocycles. The molecule has 0 aliphatic carbocycles. The first-order valence-electron chi connectivity index (χ1n) is 6.47. The van der Waals surface area contributed by atoms with Gasteiger partial charge in [0, 0.05) is 23.6 Å². The SMILES string of the molecule is Cc1cc(=O)oc2cc(Oc3ccc4nnnn4n3)ccc12. The van der Waals surface area contributed by atoms with Crippen LogP contribution in [0, 0.1) is 6.92 Å². The third-order valence-corrected chi connectivity index (χ3v) is 3.19. The molecule has 0 amide bonds. The van der Waals surface area contributed by atoms with Crippen LogP contribution in [0.2, 0.25) is 0 Å². The van der Waals surface area contributed by atoms with E-state index in [-0.39, 0.29) is 0 Å². The quantitative estimate of drug-likeness (QED) is 0.519. The smallest absolute Gasteiger partial charge is 0.336 e. The van der Waals surface area contributed by atoms with Crippen LogP contribution >= 0.6 is 0 Å². The Bertz CT molecular complexity index is 1050. The number of aromatic nitrogens is 5. The van der Waals surface area contributed by atoms with Gasteiger partial charge in [0.25, 0.3) is 0 Å². The molecule has 0 saturated carbocycles. The van der Waals surface area contributed by atoms with Crippen molar-refractivity contribution in [1.82, 2.24) is 25.3 Å². The van der Waals surface area contributed by atoms with Gasteiger partial charge in [0.15, 0.2) is 5.65 Å². The number of benzene rings is 1. The van der Waals surface area contributed by atoms with Gasteiger partial charge >= 0.3 is 5.63 Å². The molecular formula is C14H9N5O3. The molecule has 0 spiro atoms. The number of tetrazole rings is 1. The molecule has 0 atom stereocenters. The van der Waals surface area contributed by atoms with Crippen molar-refractivity contribution in [3.63, 3.8) is 0 Å². The van der Waals surface area contributed by atoms with Crippen LogP contribution in [0.3, 0.4) is 0 Å². The predicted octanol–water partition coefficient (Wildman–Crippen LogP) is 1.73. The van der Waals surface area contributed by atoms with E-state index in [4.69, 9.17) is 9.15 Å². The first-order valence-corrected chi connectivity index (χ1v) is 6.47. The van der Waals surface area contributed by atoms with Crippen LogP contribution in [-0.2, 0) is 0 Å². The Morgan fingerprint density at radius 3 is 3.00 bits per heavy atom. The van der Waals surface area contributed by atoms with E-state index >= 15 is 0 Å². The fourth-order valence-corrected chi connectivity index (χ4v) is 2.18. The van der Waals surface area contributed by atoms with Gasteiger partial charge in [-0.15, -0.1) is 14.8 Å². The molecule has 0 fully saturated rings. The zero-order chi connectivity index (χ0) is 15.1. The Hall–Kier alpha value is -3.29. The van der Waals surface area contributed by atoms with Crippen LogP contribution in [0.15, 0.2) is 45.6 Å². The molecule has 0 unspecified atom stereocenters. The van der Waals surface area contributed by atoms with Crippen LogP contribution in [0.5, 0.6) is 11.6 Å². The molecule has 0 N–H and O–H groups in total. The number of rotatable bonds is 2. The second-order valence-corrected chi connectivity index (χ2v) is 4.71. The van der Waals surface area contributed by atoms with Crippen molar-refractivity contribution >= 4 is 16.6 Å². The summed E-state index contributed by atoms with van der Waals surface area (Å²) in [7, 11) is 0. The largest absolute Gasteiger partial charge is 0.437 e. The fourth-order valence-electron chi connectivity index (χ4n) is 2.18. The first-order chi connectivity index (χ1) is 10.7. The third kappa shape index (κ3) is 2.06. The summed E-state index contributed by atoms with van der Waals surface area (Å²) in [4.78, 5) is 11.4. The van der Waals surface area contributed by atoms with E-state index in [9.17, 15) is 4.79 Å². The van der Waals surface area contributed by atoms with E-state index in [1.54, 1.807) is 24.3 Å². The van der Waals surface area contributed by atoms with Gasteiger partial charge in [-0.1, -0.05) is 0 Å². The second-order valence-electron chi connectivity index (χ2n) is 4.71. The lowest BCUT2D eigenvalue weighted by atomic mass is 10.1. The average molecular weight is 295 g/mol. The number of fused-ring (bicyclic) bond motifs is 2. The molecule has 0 aliphatic heterocycles. The summed E-state index contributed by atoms with van der Waals surface area (Å²) < 4.78 is 12.1. The Morgan fingerprint density at radius 1 is 1.18 bits per heavy atom. The lowest BCUT2D eigenvalue weighted by Crippen LogP contribution is -1.99. The molecule has 108 valence electrons. The second kappa shape index (κ2) is 4.62. The number of hydrogen-bond donors (Lipinski definition) is 0. The van der Waals surface area contributed by atoms with Crippen LogP contribution < -0.4 is 10.4 Å². The van der Waals surface area contributed by atoms with Gasteiger partial charge in [-0.2, -0.15) is 0 Å². The van der Waals surface area contributed by atoms with Crippen molar-refractivity contribution in [2.75, 3.05) is 0 Å². The molecule has 1 aromatic carbocycles. The molecule has 3 heterocycles. The van der Waals surface area contributed by atoms with Gasteiger partial charge in [0.1, 0.15) is 11.3 Å². The zero-order valence-corrected chi connectivity index (χ0v) is 11.4. The third-order valence-electron chi connectivity index (χ3n) is 3.19. The van der Waals surface area contributed by atoms with Crippen molar-refractivity contribution in [1.29, 1.82) is 0 Å². The van der Waals surface area contributed by atoms with E-state index in [0.29, 0.717) is 22.9 Å². The molecule has 0 bridgehead atoms. The molecule has 8 heteroatoms. The lowest BCUT2D eigenvalue weighted by molar-refractivity contribution is 0.446. The van der Waals surface area contributed by atoms with Crippen molar-refractivity contribution in [3.05, 3.63) is 52.4 Å². The summed E-state index contributed by atoms with van der Waals surface area (Å²) in [6, 6.07) is 10.1. The summed E-state index contributed by atoms with van der Waals surface area (Å²) in [5.74, 6) is 0.829. The standard InChI is InChI=1S/C14H9N5O3/c1-8-6-14(20)22-11-7-9(2-3-10(8)11)21-13-5-4-12-15-17-18-19(12)16-13/h2-7H,1H3. The zero-order valence-electron chi connectivity index (χ0n) is 11.4. The molecule has 8 nitrogen and oxygen atoms in total. The summed E-state index contributed by atoms with van der Waals surface area (Å²) in [6.45, 7) is 1.85. The number of aryl methyl sites for hydroxylation is 1. The van der Waals surface area contributed by atoms with E-state index in [1.807, 2.05) is 13.0 Å². The maximum absolute atomic E-state index is 11.4. The molecule has 4 rings (SSSR count). The Morgan fingerprint density at radius 2 is 2.09 bits per heavy atom. The summed E-state index contributed by atoms with van der Waals surface area (Å²) >= 11 is 0. The highest BCUT2D eigenvalue weighted by Gasteiger charge is 2.07. The van der Waals surface area contributed by atoms with Gasteiger partial charge < -0.3 is 9.15 Å². The van der Waals surface area contributed by atoms with Crippen LogP contribution in [0.25, 0.3) is 16.6 Å². The van der Waals surface area contributed by atoms with Crippen molar-refractivity contribution in [2.24, 2.45) is 0 Å². The summed E-state index contributed by atoms with van der Waals surface area (Å²) in [5, 5.41) is 15.9.